The highest BCUT2D eigenvalue weighted by Crippen LogP contribution is 2.31. The molecule has 0 atom stereocenters. The number of nitriles is 1. The van der Waals surface area contributed by atoms with Crippen LogP contribution in [-0.4, -0.2) is 11.7 Å². The molecule has 2 rings (SSSR count). The molecule has 0 aromatic carbocycles. The summed E-state index contributed by atoms with van der Waals surface area (Å²) in [7, 11) is 0. The molecular formula is C13H11NO. The van der Waals surface area contributed by atoms with Crippen molar-refractivity contribution in [1.29, 1.82) is 5.26 Å². The monoisotopic (exact) mass is 197 g/mol. The maximum absolute atomic E-state index is 8.99. The summed E-state index contributed by atoms with van der Waals surface area (Å²) < 4.78 is 0. The van der Waals surface area contributed by atoms with E-state index in [1.165, 1.54) is 0 Å². The Hall–Kier alpha value is -1.85. The quantitative estimate of drug-likeness (QED) is 0.802. The summed E-state index contributed by atoms with van der Waals surface area (Å²) in [4.78, 5) is 0. The summed E-state index contributed by atoms with van der Waals surface area (Å²) in [5.41, 5.74) is 3.75. The molecular weight excluding hydrogens is 186 g/mol. The minimum Gasteiger partial charge on any atom is -0.396 e. The van der Waals surface area contributed by atoms with Gasteiger partial charge in [0, 0.05) is 6.61 Å². The second-order valence-electron chi connectivity index (χ2n) is 3.41. The highest BCUT2D eigenvalue weighted by atomic mass is 16.2. The third-order valence-corrected chi connectivity index (χ3v) is 2.49. The fourth-order valence-electron chi connectivity index (χ4n) is 1.81. The second-order valence-corrected chi connectivity index (χ2v) is 3.41. The Morgan fingerprint density at radius 1 is 1.13 bits per heavy atom. The Labute approximate surface area is 88.7 Å². The van der Waals surface area contributed by atoms with Crippen LogP contribution in [0, 0.1) is 11.3 Å². The van der Waals surface area contributed by atoms with Gasteiger partial charge in [-0.2, -0.15) is 5.26 Å². The summed E-state index contributed by atoms with van der Waals surface area (Å²) in [6.45, 7) is 0.114. The van der Waals surface area contributed by atoms with Gasteiger partial charge >= 0.3 is 0 Å². The molecule has 0 unspecified atom stereocenters. The van der Waals surface area contributed by atoms with Crippen LogP contribution < -0.4 is 0 Å². The fraction of sp³-hybridized carbons (Fsp3) is 0.154. The van der Waals surface area contributed by atoms with Crippen molar-refractivity contribution in [3.63, 3.8) is 0 Å². The van der Waals surface area contributed by atoms with Gasteiger partial charge in [-0.05, 0) is 29.2 Å². The summed E-state index contributed by atoms with van der Waals surface area (Å²) in [5, 5.41) is 17.9. The molecule has 0 radical (unpaired) electrons. The van der Waals surface area contributed by atoms with Gasteiger partial charge in [-0.3, -0.25) is 0 Å². The van der Waals surface area contributed by atoms with Crippen LogP contribution in [0.5, 0.6) is 0 Å². The minimum atomic E-state index is 0.114. The zero-order valence-electron chi connectivity index (χ0n) is 8.27. The lowest BCUT2D eigenvalue weighted by Gasteiger charge is -1.97. The van der Waals surface area contributed by atoms with E-state index in [2.05, 4.69) is 6.07 Å². The zero-order chi connectivity index (χ0) is 10.7. The number of nitrogens with zero attached hydrogens (tertiary/aromatic N) is 1. The van der Waals surface area contributed by atoms with Crippen molar-refractivity contribution in [3.8, 4) is 17.2 Å². The normalized spacial score (nSPS) is 10.1. The van der Waals surface area contributed by atoms with E-state index in [0.29, 0.717) is 12.0 Å². The molecule has 0 saturated carbocycles. The van der Waals surface area contributed by atoms with Gasteiger partial charge in [0.05, 0.1) is 11.6 Å². The molecule has 0 saturated heterocycles. The Morgan fingerprint density at radius 2 is 1.87 bits per heavy atom. The molecule has 2 heteroatoms. The molecule has 2 aliphatic rings. The van der Waals surface area contributed by atoms with Crippen molar-refractivity contribution in [1.82, 2.24) is 0 Å². The molecule has 0 amide bonds. The van der Waals surface area contributed by atoms with Crippen molar-refractivity contribution in [2.45, 2.75) is 6.42 Å². The molecule has 1 N–H and O–H groups in total. The smallest absolute Gasteiger partial charge is 0.0998 e. The molecule has 0 aromatic rings. The Bertz CT molecular complexity index is 485. The predicted octanol–water partition coefficient (Wildman–Crippen LogP) is 2.20. The summed E-state index contributed by atoms with van der Waals surface area (Å²) in [6, 6.07) is 13.8. The fourth-order valence-corrected chi connectivity index (χ4v) is 1.81. The highest BCUT2D eigenvalue weighted by molar-refractivity contribution is 5.77. The predicted molar refractivity (Wildman–Crippen MR) is 58.6 cm³/mol. The van der Waals surface area contributed by atoms with Crippen LogP contribution in [0.15, 0.2) is 36.4 Å². The van der Waals surface area contributed by atoms with Gasteiger partial charge in [-0.15, -0.1) is 0 Å². The molecule has 0 fully saturated rings. The zero-order valence-corrected chi connectivity index (χ0v) is 8.27. The first-order valence-corrected chi connectivity index (χ1v) is 4.88. The lowest BCUT2D eigenvalue weighted by molar-refractivity contribution is 0.300. The van der Waals surface area contributed by atoms with Gasteiger partial charge in [0.1, 0.15) is 0 Å². The van der Waals surface area contributed by atoms with Gasteiger partial charge < -0.3 is 5.11 Å². The Morgan fingerprint density at radius 3 is 2.53 bits per heavy atom. The van der Waals surface area contributed by atoms with Crippen LogP contribution in [-0.2, 0) is 6.42 Å². The molecule has 0 aromatic heterocycles. The lowest BCUT2D eigenvalue weighted by atomic mass is 10.1. The first kappa shape index (κ1) is 9.70. The number of fused-ring (bicyclic) bond motifs is 1. The van der Waals surface area contributed by atoms with Crippen LogP contribution in [0.2, 0.25) is 0 Å². The van der Waals surface area contributed by atoms with E-state index in [4.69, 9.17) is 10.4 Å². The van der Waals surface area contributed by atoms with Gasteiger partial charge in [-0.1, -0.05) is 30.3 Å². The molecule has 15 heavy (non-hydrogen) atoms. The number of hydrogen-bond donors (Lipinski definition) is 1. The van der Waals surface area contributed by atoms with Crippen LogP contribution in [0.3, 0.4) is 0 Å². The molecule has 0 aliphatic heterocycles. The van der Waals surface area contributed by atoms with Crippen LogP contribution in [0.1, 0.15) is 11.1 Å². The average Bonchev–Trinajstić information content (AvgIpc) is 2.45. The average molecular weight is 197 g/mol. The van der Waals surface area contributed by atoms with E-state index < -0.39 is 0 Å². The molecule has 0 bridgehead atoms. The van der Waals surface area contributed by atoms with E-state index in [-0.39, 0.29) is 6.61 Å². The van der Waals surface area contributed by atoms with E-state index in [9.17, 15) is 0 Å². The van der Waals surface area contributed by atoms with Crippen molar-refractivity contribution >= 4 is 0 Å². The van der Waals surface area contributed by atoms with Gasteiger partial charge in [0.2, 0.25) is 0 Å². The number of rotatable bonds is 2. The summed E-state index contributed by atoms with van der Waals surface area (Å²) in [6.07, 6.45) is 0.599. The van der Waals surface area contributed by atoms with E-state index in [0.717, 1.165) is 16.7 Å². The van der Waals surface area contributed by atoms with Crippen LogP contribution in [0.25, 0.3) is 11.1 Å². The highest BCUT2D eigenvalue weighted by Gasteiger charge is 2.13. The lowest BCUT2D eigenvalue weighted by Crippen LogP contribution is -1.88. The molecule has 74 valence electrons. The Balaban J connectivity index is 2.63. The number of hydrogen-bond acceptors (Lipinski definition) is 2. The third kappa shape index (κ3) is 1.70. The van der Waals surface area contributed by atoms with E-state index in [1.54, 1.807) is 0 Å². The van der Waals surface area contributed by atoms with Crippen LogP contribution >= 0.6 is 0 Å². The molecule has 2 nitrogen and oxygen atoms in total. The standard InChI is InChI=1S/C13H11NO/c14-9-11-8-10(6-7-15)12-4-2-1-3-5-13(11)12/h1-5,8,15H,6-7H2. The molecule has 0 spiro atoms. The molecule has 2 aliphatic carbocycles. The van der Waals surface area contributed by atoms with E-state index in [1.807, 2.05) is 36.4 Å². The third-order valence-electron chi connectivity index (χ3n) is 2.49. The largest absolute Gasteiger partial charge is 0.396 e. The van der Waals surface area contributed by atoms with Crippen molar-refractivity contribution in [2.24, 2.45) is 0 Å². The van der Waals surface area contributed by atoms with E-state index >= 15 is 0 Å². The first-order valence-electron chi connectivity index (χ1n) is 4.88. The van der Waals surface area contributed by atoms with Gasteiger partial charge in [0.15, 0.2) is 0 Å². The minimum absolute atomic E-state index is 0.114. The van der Waals surface area contributed by atoms with Crippen molar-refractivity contribution < 1.29 is 5.11 Å². The molecule has 0 heterocycles. The van der Waals surface area contributed by atoms with Gasteiger partial charge in [0.25, 0.3) is 0 Å². The summed E-state index contributed by atoms with van der Waals surface area (Å²) >= 11 is 0. The van der Waals surface area contributed by atoms with Crippen molar-refractivity contribution in [2.75, 3.05) is 6.61 Å². The number of aliphatic hydroxyl groups excluding tert-OH is 1. The van der Waals surface area contributed by atoms with Crippen molar-refractivity contribution in [3.05, 3.63) is 47.5 Å². The number of aliphatic hydroxyl groups is 1. The van der Waals surface area contributed by atoms with Crippen LogP contribution in [0.4, 0.5) is 0 Å². The topological polar surface area (TPSA) is 44.0 Å². The first-order chi connectivity index (χ1) is 7.36. The maximum Gasteiger partial charge on any atom is 0.0998 e. The SMILES string of the molecule is N#Cc1cc(CCO)c2cccccc1-2. The van der Waals surface area contributed by atoms with Gasteiger partial charge in [-0.25, -0.2) is 0 Å². The Kier molecular flexibility index (Phi) is 2.66. The second kappa shape index (κ2) is 4.12. The maximum atomic E-state index is 8.99. The summed E-state index contributed by atoms with van der Waals surface area (Å²) in [5.74, 6) is 0.